The van der Waals surface area contributed by atoms with E-state index in [-0.39, 0.29) is 0 Å². The van der Waals surface area contributed by atoms with E-state index in [9.17, 15) is 19.2 Å². The number of hydrogen-bond donors (Lipinski definition) is 8. The lowest BCUT2D eigenvalue weighted by Crippen LogP contribution is -2.37. The van der Waals surface area contributed by atoms with Gasteiger partial charge in [-0.05, 0) is 12.1 Å². The van der Waals surface area contributed by atoms with Gasteiger partial charge in [-0.1, -0.05) is 0 Å². The van der Waals surface area contributed by atoms with Gasteiger partial charge >= 0.3 is 23.9 Å². The molecule has 0 bridgehead atoms. The molecule has 0 saturated carbocycles. The van der Waals surface area contributed by atoms with Gasteiger partial charge in [0.15, 0.2) is 0 Å². The van der Waals surface area contributed by atoms with Crippen molar-refractivity contribution in [3.05, 3.63) is 34.4 Å². The van der Waals surface area contributed by atoms with E-state index >= 15 is 0 Å². The SMILES string of the molecule is O=C(O)c1cc(C(=O)O)c(C(=O)O)cc1C(=O)O.OCC(CO)(CO)CO. The van der Waals surface area contributed by atoms with Gasteiger partial charge in [-0.2, -0.15) is 0 Å². The molecule has 0 aliphatic heterocycles. The van der Waals surface area contributed by atoms with E-state index in [1.54, 1.807) is 0 Å². The van der Waals surface area contributed by atoms with E-state index < -0.39 is 78.0 Å². The average molecular weight is 390 g/mol. The zero-order chi connectivity index (χ0) is 21.4. The lowest BCUT2D eigenvalue weighted by atomic mass is 9.93. The molecule has 0 aromatic heterocycles. The maximum atomic E-state index is 10.8. The number of hydrogen-bond acceptors (Lipinski definition) is 8. The highest BCUT2D eigenvalue weighted by Gasteiger charge is 2.26. The molecule has 0 atom stereocenters. The van der Waals surface area contributed by atoms with Crippen LogP contribution >= 0.6 is 0 Å². The summed E-state index contributed by atoms with van der Waals surface area (Å²) in [7, 11) is 0. The first kappa shape index (κ1) is 23.9. The summed E-state index contributed by atoms with van der Waals surface area (Å²) >= 11 is 0. The third-order valence-corrected chi connectivity index (χ3v) is 3.42. The monoisotopic (exact) mass is 390 g/mol. The van der Waals surface area contributed by atoms with E-state index in [0.717, 1.165) is 0 Å². The van der Waals surface area contributed by atoms with Crippen molar-refractivity contribution < 1.29 is 60.0 Å². The first-order valence-corrected chi connectivity index (χ1v) is 7.04. The number of benzene rings is 1. The molecule has 1 aromatic rings. The van der Waals surface area contributed by atoms with E-state index in [2.05, 4.69) is 0 Å². The molecular formula is C15H18O12. The zero-order valence-corrected chi connectivity index (χ0v) is 13.7. The summed E-state index contributed by atoms with van der Waals surface area (Å²) in [5.74, 6) is -6.64. The molecular weight excluding hydrogens is 372 g/mol. The molecule has 0 amide bonds. The average Bonchev–Trinajstić information content (AvgIpc) is 2.63. The number of aromatic carboxylic acids is 4. The Morgan fingerprint density at radius 1 is 0.556 bits per heavy atom. The normalized spacial score (nSPS) is 10.5. The number of aliphatic hydroxyl groups excluding tert-OH is 4. The zero-order valence-electron chi connectivity index (χ0n) is 13.7. The van der Waals surface area contributed by atoms with Crippen molar-refractivity contribution in [1.82, 2.24) is 0 Å². The van der Waals surface area contributed by atoms with Crippen LogP contribution in [0, 0.1) is 5.41 Å². The van der Waals surface area contributed by atoms with Gasteiger partial charge in [0.2, 0.25) is 0 Å². The standard InChI is InChI=1S/C10H6O8.C5H12O4/c11-7(12)3-1-4(8(13)14)6(10(17)18)2-5(3)9(15)16;6-1-5(2-7,3-8)4-9/h1-2H,(H,11,12)(H,13,14)(H,15,16)(H,17,18);6-9H,1-4H2. The summed E-state index contributed by atoms with van der Waals surface area (Å²) in [6.45, 7) is -1.62. The summed E-state index contributed by atoms with van der Waals surface area (Å²) in [5, 5.41) is 69.0. The fraction of sp³-hybridized carbons (Fsp3) is 0.333. The summed E-state index contributed by atoms with van der Waals surface area (Å²) in [6.07, 6.45) is 0. The second kappa shape index (κ2) is 10.2. The van der Waals surface area contributed by atoms with Crippen LogP contribution in [-0.4, -0.2) is 91.2 Å². The maximum Gasteiger partial charge on any atom is 0.336 e. The predicted molar refractivity (Wildman–Crippen MR) is 85.1 cm³/mol. The minimum atomic E-state index is -1.66. The number of carboxylic acid groups (broad SMARTS) is 4. The molecule has 0 saturated heterocycles. The van der Waals surface area contributed by atoms with Crippen LogP contribution in [0.5, 0.6) is 0 Å². The Kier molecular flexibility index (Phi) is 9.02. The van der Waals surface area contributed by atoms with Crippen molar-refractivity contribution >= 4 is 23.9 Å². The fourth-order valence-corrected chi connectivity index (χ4v) is 1.61. The van der Waals surface area contributed by atoms with Crippen molar-refractivity contribution in [2.45, 2.75) is 0 Å². The molecule has 27 heavy (non-hydrogen) atoms. The van der Waals surface area contributed by atoms with E-state index in [1.807, 2.05) is 0 Å². The van der Waals surface area contributed by atoms with Gasteiger partial charge in [0.25, 0.3) is 0 Å². The molecule has 8 N–H and O–H groups in total. The molecule has 0 spiro atoms. The molecule has 150 valence electrons. The minimum absolute atomic E-state index is 0.406. The largest absolute Gasteiger partial charge is 0.478 e. The van der Waals surface area contributed by atoms with E-state index in [0.29, 0.717) is 12.1 Å². The van der Waals surface area contributed by atoms with Crippen LogP contribution in [0.4, 0.5) is 0 Å². The number of aliphatic hydroxyl groups is 4. The molecule has 0 fully saturated rings. The Hall–Kier alpha value is -3.06. The Morgan fingerprint density at radius 3 is 0.815 bits per heavy atom. The van der Waals surface area contributed by atoms with Crippen molar-refractivity contribution in [3.8, 4) is 0 Å². The number of rotatable bonds is 8. The number of carbonyl (C=O) groups is 4. The van der Waals surface area contributed by atoms with Crippen LogP contribution in [0.2, 0.25) is 0 Å². The third-order valence-electron chi connectivity index (χ3n) is 3.42. The lowest BCUT2D eigenvalue weighted by Gasteiger charge is -2.23. The maximum absolute atomic E-state index is 10.8. The second-order valence-electron chi connectivity index (χ2n) is 5.30. The van der Waals surface area contributed by atoms with Gasteiger partial charge in [-0.3, -0.25) is 0 Å². The third kappa shape index (κ3) is 6.00. The number of carboxylic acids is 4. The van der Waals surface area contributed by atoms with Crippen LogP contribution in [0.25, 0.3) is 0 Å². The van der Waals surface area contributed by atoms with Gasteiger partial charge in [0.05, 0.1) is 54.1 Å². The van der Waals surface area contributed by atoms with Crippen LogP contribution in [0.1, 0.15) is 41.4 Å². The Labute approximate surface area is 151 Å². The predicted octanol–water partition coefficient (Wildman–Crippen LogP) is -1.58. The molecule has 12 nitrogen and oxygen atoms in total. The van der Waals surface area contributed by atoms with E-state index in [4.69, 9.17) is 40.9 Å². The van der Waals surface area contributed by atoms with Crippen molar-refractivity contribution in [3.63, 3.8) is 0 Å². The van der Waals surface area contributed by atoms with Crippen LogP contribution in [-0.2, 0) is 0 Å². The quantitative estimate of drug-likeness (QED) is 0.251. The molecule has 0 radical (unpaired) electrons. The Morgan fingerprint density at radius 2 is 0.741 bits per heavy atom. The lowest BCUT2D eigenvalue weighted by molar-refractivity contribution is -0.0328. The van der Waals surface area contributed by atoms with Crippen LogP contribution in [0.15, 0.2) is 12.1 Å². The highest BCUT2D eigenvalue weighted by Crippen LogP contribution is 2.18. The highest BCUT2D eigenvalue weighted by atomic mass is 16.4. The molecule has 0 heterocycles. The van der Waals surface area contributed by atoms with Crippen LogP contribution in [0.3, 0.4) is 0 Å². The summed E-state index contributed by atoms with van der Waals surface area (Å²) in [4.78, 5) is 43.1. The minimum Gasteiger partial charge on any atom is -0.478 e. The summed E-state index contributed by atoms with van der Waals surface area (Å²) < 4.78 is 0. The van der Waals surface area contributed by atoms with Gasteiger partial charge in [0, 0.05) is 0 Å². The summed E-state index contributed by atoms with van der Waals surface area (Å²) in [5.41, 5.74) is -4.26. The first-order chi connectivity index (χ1) is 12.5. The Bertz CT molecular complexity index is 604. The Balaban J connectivity index is 0.000000636. The van der Waals surface area contributed by atoms with Gasteiger partial charge in [0.1, 0.15) is 0 Å². The molecule has 0 aliphatic carbocycles. The smallest absolute Gasteiger partial charge is 0.336 e. The highest BCUT2D eigenvalue weighted by molar-refractivity contribution is 6.09. The van der Waals surface area contributed by atoms with Crippen LogP contribution < -0.4 is 0 Å². The van der Waals surface area contributed by atoms with E-state index in [1.165, 1.54) is 0 Å². The van der Waals surface area contributed by atoms with Gasteiger partial charge in [-0.15, -0.1) is 0 Å². The van der Waals surface area contributed by atoms with Crippen molar-refractivity contribution in [1.29, 1.82) is 0 Å². The second-order valence-corrected chi connectivity index (χ2v) is 5.30. The topological polar surface area (TPSA) is 230 Å². The van der Waals surface area contributed by atoms with Crippen molar-refractivity contribution in [2.24, 2.45) is 5.41 Å². The molecule has 1 rings (SSSR count). The van der Waals surface area contributed by atoms with Gasteiger partial charge < -0.3 is 40.9 Å². The van der Waals surface area contributed by atoms with Crippen molar-refractivity contribution in [2.75, 3.05) is 26.4 Å². The fourth-order valence-electron chi connectivity index (χ4n) is 1.61. The molecule has 12 heteroatoms. The first-order valence-electron chi connectivity index (χ1n) is 7.04. The molecule has 0 unspecified atom stereocenters. The molecule has 1 aromatic carbocycles. The molecule has 0 aliphatic rings. The summed E-state index contributed by atoms with van der Waals surface area (Å²) in [6, 6.07) is 1.02. The van der Waals surface area contributed by atoms with Gasteiger partial charge in [-0.25, -0.2) is 19.2 Å².